The first-order valence-corrected chi connectivity index (χ1v) is 4.68. The number of carbonyl (C=O) groups is 1. The van der Waals surface area contributed by atoms with Crippen molar-refractivity contribution in [2.75, 3.05) is 5.32 Å². The molecule has 0 heterocycles. The molecule has 0 aliphatic carbocycles. The van der Waals surface area contributed by atoms with Gasteiger partial charge in [-0.3, -0.25) is 4.79 Å². The molecular weight excluding hydrogens is 272 g/mol. The van der Waals surface area contributed by atoms with Crippen molar-refractivity contribution in [3.63, 3.8) is 0 Å². The Morgan fingerprint density at radius 2 is 2.29 bits per heavy atom. The SMILES string of the molecule is O=C(C#CBr)Nc1cc(F)ccc1Cl. The molecule has 1 rings (SSSR count). The van der Waals surface area contributed by atoms with Crippen molar-refractivity contribution in [1.29, 1.82) is 0 Å². The van der Waals surface area contributed by atoms with Gasteiger partial charge in [0.1, 0.15) is 5.82 Å². The Morgan fingerprint density at radius 1 is 1.57 bits per heavy atom. The number of anilines is 1. The van der Waals surface area contributed by atoms with Crippen LogP contribution in [0.5, 0.6) is 0 Å². The average molecular weight is 276 g/mol. The number of halogens is 3. The van der Waals surface area contributed by atoms with Gasteiger partial charge >= 0.3 is 5.91 Å². The zero-order valence-corrected chi connectivity index (χ0v) is 9.12. The van der Waals surface area contributed by atoms with E-state index in [-0.39, 0.29) is 10.7 Å². The monoisotopic (exact) mass is 275 g/mol. The van der Waals surface area contributed by atoms with Crippen LogP contribution in [0.2, 0.25) is 5.02 Å². The van der Waals surface area contributed by atoms with Crippen molar-refractivity contribution >= 4 is 39.1 Å². The van der Waals surface area contributed by atoms with Gasteiger partial charge in [-0.1, -0.05) is 11.6 Å². The fourth-order valence-corrected chi connectivity index (χ4v) is 1.13. The summed E-state index contributed by atoms with van der Waals surface area (Å²) >= 11 is 8.47. The van der Waals surface area contributed by atoms with Crippen LogP contribution in [0.1, 0.15) is 0 Å². The minimum absolute atomic E-state index is 0.201. The maximum absolute atomic E-state index is 12.7. The summed E-state index contributed by atoms with van der Waals surface area (Å²) in [6.07, 6.45) is 0. The van der Waals surface area contributed by atoms with Crippen LogP contribution in [0.15, 0.2) is 18.2 Å². The van der Waals surface area contributed by atoms with Gasteiger partial charge in [0.15, 0.2) is 0 Å². The highest BCUT2D eigenvalue weighted by Crippen LogP contribution is 2.21. The Hall–Kier alpha value is -1.05. The number of hydrogen-bond donors (Lipinski definition) is 1. The molecule has 14 heavy (non-hydrogen) atoms. The van der Waals surface area contributed by atoms with Crippen LogP contribution in [0.3, 0.4) is 0 Å². The Bertz CT molecular complexity index is 425. The largest absolute Gasteiger partial charge is 0.314 e. The quantitative estimate of drug-likeness (QED) is 0.785. The van der Waals surface area contributed by atoms with Gasteiger partial charge in [0, 0.05) is 21.9 Å². The third kappa shape index (κ3) is 3.02. The van der Waals surface area contributed by atoms with E-state index in [1.807, 2.05) is 0 Å². The van der Waals surface area contributed by atoms with Gasteiger partial charge < -0.3 is 5.32 Å². The molecule has 0 bridgehead atoms. The summed E-state index contributed by atoms with van der Waals surface area (Å²) in [5.74, 6) is 1.14. The number of nitrogens with one attached hydrogen (secondary N) is 1. The summed E-state index contributed by atoms with van der Waals surface area (Å²) < 4.78 is 12.7. The van der Waals surface area contributed by atoms with E-state index in [4.69, 9.17) is 11.6 Å². The predicted octanol–water partition coefficient (Wildman–Crippen LogP) is 2.77. The molecule has 0 aromatic heterocycles. The smallest absolute Gasteiger partial charge is 0.301 e. The van der Waals surface area contributed by atoms with Gasteiger partial charge in [0.2, 0.25) is 0 Å². The second kappa shape index (κ2) is 4.99. The van der Waals surface area contributed by atoms with Crippen molar-refractivity contribution < 1.29 is 9.18 Å². The van der Waals surface area contributed by atoms with Gasteiger partial charge in [-0.15, -0.1) is 0 Å². The average Bonchev–Trinajstić information content (AvgIpc) is 2.12. The highest BCUT2D eigenvalue weighted by atomic mass is 79.9. The summed E-state index contributed by atoms with van der Waals surface area (Å²) in [6, 6.07) is 3.68. The number of hydrogen-bond acceptors (Lipinski definition) is 1. The molecule has 0 radical (unpaired) electrons. The van der Waals surface area contributed by atoms with Crippen molar-refractivity contribution in [2.45, 2.75) is 0 Å². The summed E-state index contributed by atoms with van der Waals surface area (Å²) in [6.45, 7) is 0. The molecule has 0 unspecified atom stereocenters. The molecule has 2 nitrogen and oxygen atoms in total. The molecule has 5 heteroatoms. The zero-order chi connectivity index (χ0) is 10.6. The fraction of sp³-hybridized carbons (Fsp3) is 0. The van der Waals surface area contributed by atoms with Crippen LogP contribution in [-0.2, 0) is 4.79 Å². The number of carbonyl (C=O) groups excluding carboxylic acids is 1. The summed E-state index contributed by atoms with van der Waals surface area (Å²) in [5.41, 5.74) is 0.201. The lowest BCUT2D eigenvalue weighted by molar-refractivity contribution is -0.111. The van der Waals surface area contributed by atoms with E-state index < -0.39 is 11.7 Å². The third-order valence-electron chi connectivity index (χ3n) is 1.34. The van der Waals surface area contributed by atoms with Gasteiger partial charge in [-0.2, -0.15) is 0 Å². The topological polar surface area (TPSA) is 29.1 Å². The first kappa shape index (κ1) is 11.0. The van der Waals surface area contributed by atoms with E-state index in [0.717, 1.165) is 6.07 Å². The van der Waals surface area contributed by atoms with Crippen LogP contribution >= 0.6 is 27.5 Å². The van der Waals surface area contributed by atoms with E-state index in [1.54, 1.807) is 0 Å². The molecule has 1 N–H and O–H groups in total. The van der Waals surface area contributed by atoms with Crippen LogP contribution < -0.4 is 5.32 Å². The van der Waals surface area contributed by atoms with Crippen molar-refractivity contribution in [3.8, 4) is 10.8 Å². The molecule has 0 aliphatic heterocycles. The summed E-state index contributed by atoms with van der Waals surface area (Å²) in [5, 5.41) is 2.60. The lowest BCUT2D eigenvalue weighted by atomic mass is 10.3. The number of amides is 1. The molecule has 0 spiro atoms. The maximum atomic E-state index is 12.7. The number of benzene rings is 1. The van der Waals surface area contributed by atoms with E-state index in [2.05, 4.69) is 32.0 Å². The van der Waals surface area contributed by atoms with E-state index in [9.17, 15) is 9.18 Å². The molecule has 1 amide bonds. The molecule has 0 saturated carbocycles. The fourth-order valence-electron chi connectivity index (χ4n) is 0.790. The van der Waals surface area contributed by atoms with Crippen molar-refractivity contribution in [2.24, 2.45) is 0 Å². The summed E-state index contributed by atoms with van der Waals surface area (Å²) in [4.78, 5) is 13.2. The van der Waals surface area contributed by atoms with Crippen LogP contribution in [0.4, 0.5) is 10.1 Å². The minimum atomic E-state index is -0.561. The van der Waals surface area contributed by atoms with E-state index >= 15 is 0 Å². The molecule has 0 aliphatic rings. The van der Waals surface area contributed by atoms with Crippen LogP contribution in [-0.4, -0.2) is 5.91 Å². The van der Waals surface area contributed by atoms with Gasteiger partial charge in [0.05, 0.1) is 10.7 Å². The Morgan fingerprint density at radius 3 is 2.93 bits per heavy atom. The van der Waals surface area contributed by atoms with Gasteiger partial charge in [0.25, 0.3) is 0 Å². The molecule has 1 aromatic rings. The standard InChI is InChI=1S/C9H4BrClFNO/c10-4-3-9(14)13-8-5-6(12)1-2-7(8)11/h1-2,5H,(H,13,14). The minimum Gasteiger partial charge on any atom is -0.314 e. The summed E-state index contributed by atoms with van der Waals surface area (Å²) in [7, 11) is 0. The highest BCUT2D eigenvalue weighted by molar-refractivity contribution is 9.12. The predicted molar refractivity (Wildman–Crippen MR) is 56.7 cm³/mol. The van der Waals surface area contributed by atoms with Crippen molar-refractivity contribution in [1.82, 2.24) is 0 Å². The number of rotatable bonds is 1. The van der Waals surface area contributed by atoms with Gasteiger partial charge in [-0.25, -0.2) is 4.39 Å². The second-order valence-corrected chi connectivity index (χ2v) is 3.10. The first-order valence-electron chi connectivity index (χ1n) is 3.51. The van der Waals surface area contributed by atoms with Gasteiger partial charge in [-0.05, 0) is 23.0 Å². The molecule has 72 valence electrons. The molecule has 0 saturated heterocycles. The molecular formula is C9H4BrClFNO. The van der Waals surface area contributed by atoms with E-state index in [0.29, 0.717) is 0 Å². The lowest BCUT2D eigenvalue weighted by Gasteiger charge is -2.02. The van der Waals surface area contributed by atoms with E-state index in [1.165, 1.54) is 12.1 Å². The van der Waals surface area contributed by atoms with Crippen LogP contribution in [0.25, 0.3) is 0 Å². The Labute approximate surface area is 93.6 Å². The van der Waals surface area contributed by atoms with Crippen LogP contribution in [0, 0.1) is 16.6 Å². The molecule has 0 atom stereocenters. The third-order valence-corrected chi connectivity index (χ3v) is 1.87. The van der Waals surface area contributed by atoms with Crippen molar-refractivity contribution in [3.05, 3.63) is 29.0 Å². The highest BCUT2D eigenvalue weighted by Gasteiger charge is 2.04. The first-order chi connectivity index (χ1) is 6.63. The Balaban J connectivity index is 2.89. The normalized spacial score (nSPS) is 8.79. The lowest BCUT2D eigenvalue weighted by Crippen LogP contribution is -2.08. The zero-order valence-electron chi connectivity index (χ0n) is 6.77. The maximum Gasteiger partial charge on any atom is 0.301 e. The second-order valence-electron chi connectivity index (χ2n) is 2.30. The molecule has 0 fully saturated rings. The Kier molecular flexibility index (Phi) is 3.93. The molecule has 1 aromatic carbocycles.